The van der Waals surface area contributed by atoms with Crippen LogP contribution in [0.2, 0.25) is 0 Å². The smallest absolute Gasteiger partial charge is 0.203 e. The third kappa shape index (κ3) is 3.48. The number of hydrogen-bond acceptors (Lipinski definition) is 5. The number of nitrogens with one attached hydrogen (secondary N) is 1. The van der Waals surface area contributed by atoms with Gasteiger partial charge in [-0.15, -0.1) is 0 Å². The highest BCUT2D eigenvalue weighted by Gasteiger charge is 2.20. The number of benzene rings is 1. The molecule has 0 amide bonds. The van der Waals surface area contributed by atoms with Gasteiger partial charge < -0.3 is 9.88 Å². The molecule has 0 bridgehead atoms. The van der Waals surface area contributed by atoms with Crippen molar-refractivity contribution in [2.24, 2.45) is 0 Å². The molecule has 0 saturated heterocycles. The molecule has 5 nitrogen and oxygen atoms in total. The Kier molecular flexibility index (Phi) is 4.41. The average Bonchev–Trinajstić information content (AvgIpc) is 3.16. The van der Waals surface area contributed by atoms with E-state index in [1.807, 2.05) is 19.3 Å². The van der Waals surface area contributed by atoms with Crippen LogP contribution in [0.15, 0.2) is 36.7 Å². The highest BCUT2D eigenvalue weighted by molar-refractivity contribution is 7.09. The van der Waals surface area contributed by atoms with Crippen LogP contribution in [-0.4, -0.2) is 18.9 Å². The summed E-state index contributed by atoms with van der Waals surface area (Å²) in [6.07, 6.45) is 3.79. The molecular formula is C18H23N5S. The molecule has 126 valence electrons. The third-order valence-corrected chi connectivity index (χ3v) is 4.58. The predicted octanol–water partition coefficient (Wildman–Crippen LogP) is 4.50. The molecular weight excluding hydrogens is 318 g/mol. The van der Waals surface area contributed by atoms with Gasteiger partial charge in [-0.05, 0) is 31.5 Å². The lowest BCUT2D eigenvalue weighted by Gasteiger charge is -2.15. The van der Waals surface area contributed by atoms with Gasteiger partial charge >= 0.3 is 0 Å². The molecule has 1 aromatic carbocycles. The van der Waals surface area contributed by atoms with Crippen LogP contribution in [0.4, 0.5) is 5.13 Å². The summed E-state index contributed by atoms with van der Waals surface area (Å²) in [5.41, 5.74) is 2.31. The molecule has 24 heavy (non-hydrogen) atoms. The fraction of sp³-hybridized carbons (Fsp3) is 0.389. The standard InChI is InChI=1S/C18H23N5S/c1-12(20-17-21-16(22-24-17)18(3,4)5)14-6-8-15(9-7-14)23-11-10-19-13(23)2/h6-12H,1-5H3,(H,20,21,22). The second kappa shape index (κ2) is 6.36. The van der Waals surface area contributed by atoms with Crippen molar-refractivity contribution in [2.45, 2.75) is 46.1 Å². The van der Waals surface area contributed by atoms with E-state index >= 15 is 0 Å². The molecule has 0 radical (unpaired) electrons. The number of anilines is 1. The zero-order valence-electron chi connectivity index (χ0n) is 14.7. The van der Waals surface area contributed by atoms with E-state index < -0.39 is 0 Å². The molecule has 6 heteroatoms. The Labute approximate surface area is 147 Å². The maximum atomic E-state index is 4.60. The summed E-state index contributed by atoms with van der Waals surface area (Å²) in [5.74, 6) is 1.87. The summed E-state index contributed by atoms with van der Waals surface area (Å²) in [7, 11) is 0. The molecule has 0 saturated carbocycles. The van der Waals surface area contributed by atoms with E-state index in [2.05, 4.69) is 76.2 Å². The van der Waals surface area contributed by atoms with Crippen LogP contribution >= 0.6 is 11.5 Å². The topological polar surface area (TPSA) is 55.6 Å². The second-order valence-corrected chi connectivity index (χ2v) is 7.73. The normalized spacial score (nSPS) is 13.0. The number of imidazole rings is 1. The minimum Gasteiger partial charge on any atom is -0.354 e. The second-order valence-electron chi connectivity index (χ2n) is 6.98. The SMILES string of the molecule is Cc1nccn1-c1ccc(C(C)Nc2nc(C(C)(C)C)ns2)cc1. The Hall–Kier alpha value is -2.21. The minimum atomic E-state index is -0.0238. The van der Waals surface area contributed by atoms with Gasteiger partial charge in [0.2, 0.25) is 5.13 Å². The predicted molar refractivity (Wildman–Crippen MR) is 98.9 cm³/mol. The van der Waals surface area contributed by atoms with Crippen LogP contribution in [0.5, 0.6) is 0 Å². The zero-order chi connectivity index (χ0) is 17.3. The highest BCUT2D eigenvalue weighted by atomic mass is 32.1. The van der Waals surface area contributed by atoms with Crippen LogP contribution in [0.1, 0.15) is 50.9 Å². The highest BCUT2D eigenvalue weighted by Crippen LogP contribution is 2.26. The first-order valence-corrected chi connectivity index (χ1v) is 8.83. The van der Waals surface area contributed by atoms with Gasteiger partial charge in [0.15, 0.2) is 0 Å². The van der Waals surface area contributed by atoms with Crippen LogP contribution in [0, 0.1) is 6.92 Å². The summed E-state index contributed by atoms with van der Waals surface area (Å²) >= 11 is 1.42. The number of aromatic nitrogens is 4. The van der Waals surface area contributed by atoms with Gasteiger partial charge in [0.1, 0.15) is 11.6 Å². The van der Waals surface area contributed by atoms with E-state index in [0.29, 0.717) is 0 Å². The lowest BCUT2D eigenvalue weighted by Crippen LogP contribution is -2.13. The van der Waals surface area contributed by atoms with Gasteiger partial charge in [-0.25, -0.2) is 9.97 Å². The van der Waals surface area contributed by atoms with Crippen molar-refractivity contribution in [2.75, 3.05) is 5.32 Å². The largest absolute Gasteiger partial charge is 0.354 e. The number of aryl methyl sites for hydroxylation is 1. The first-order chi connectivity index (χ1) is 11.3. The monoisotopic (exact) mass is 341 g/mol. The van der Waals surface area contributed by atoms with Crippen molar-refractivity contribution in [3.05, 3.63) is 53.9 Å². The lowest BCUT2D eigenvalue weighted by atomic mass is 9.96. The Balaban J connectivity index is 1.72. The molecule has 1 N–H and O–H groups in total. The third-order valence-electron chi connectivity index (χ3n) is 3.93. The molecule has 1 atom stereocenters. The molecule has 3 aromatic rings. The Morgan fingerprint density at radius 2 is 1.88 bits per heavy atom. The Morgan fingerprint density at radius 1 is 1.17 bits per heavy atom. The lowest BCUT2D eigenvalue weighted by molar-refractivity contribution is 0.555. The van der Waals surface area contributed by atoms with Gasteiger partial charge in [0.05, 0.1) is 6.04 Å². The quantitative estimate of drug-likeness (QED) is 0.759. The van der Waals surface area contributed by atoms with E-state index in [1.54, 1.807) is 0 Å². The van der Waals surface area contributed by atoms with Crippen LogP contribution in [0.25, 0.3) is 5.69 Å². The molecule has 0 aliphatic heterocycles. The molecule has 2 aromatic heterocycles. The Morgan fingerprint density at radius 3 is 2.42 bits per heavy atom. The first kappa shape index (κ1) is 16.6. The van der Waals surface area contributed by atoms with Crippen molar-refractivity contribution in [3.63, 3.8) is 0 Å². The van der Waals surface area contributed by atoms with E-state index in [-0.39, 0.29) is 11.5 Å². The summed E-state index contributed by atoms with van der Waals surface area (Å²) < 4.78 is 6.52. The molecule has 0 aliphatic rings. The molecule has 2 heterocycles. The zero-order valence-corrected chi connectivity index (χ0v) is 15.6. The maximum Gasteiger partial charge on any atom is 0.203 e. The summed E-state index contributed by atoms with van der Waals surface area (Å²) in [6, 6.07) is 8.67. The van der Waals surface area contributed by atoms with Crippen molar-refractivity contribution >= 4 is 16.7 Å². The van der Waals surface area contributed by atoms with Gasteiger partial charge in [-0.2, -0.15) is 4.37 Å². The van der Waals surface area contributed by atoms with Gasteiger partial charge in [-0.3, -0.25) is 0 Å². The van der Waals surface area contributed by atoms with E-state index in [0.717, 1.165) is 22.5 Å². The first-order valence-electron chi connectivity index (χ1n) is 8.05. The van der Waals surface area contributed by atoms with Gasteiger partial charge in [-0.1, -0.05) is 32.9 Å². The summed E-state index contributed by atoms with van der Waals surface area (Å²) in [4.78, 5) is 8.87. The van der Waals surface area contributed by atoms with E-state index in [1.165, 1.54) is 17.1 Å². The van der Waals surface area contributed by atoms with Crippen LogP contribution in [0.3, 0.4) is 0 Å². The van der Waals surface area contributed by atoms with Crippen molar-refractivity contribution in [3.8, 4) is 5.69 Å². The molecule has 0 spiro atoms. The maximum absolute atomic E-state index is 4.60. The average molecular weight is 341 g/mol. The summed E-state index contributed by atoms with van der Waals surface area (Å²) in [6.45, 7) is 10.5. The van der Waals surface area contributed by atoms with Gasteiger partial charge in [0, 0.05) is 35.0 Å². The fourth-order valence-corrected chi connectivity index (χ4v) is 3.27. The molecule has 0 aliphatic carbocycles. The number of rotatable bonds is 4. The minimum absolute atomic E-state index is 0.0238. The number of nitrogens with zero attached hydrogens (tertiary/aromatic N) is 4. The van der Waals surface area contributed by atoms with Crippen molar-refractivity contribution in [1.29, 1.82) is 0 Å². The van der Waals surface area contributed by atoms with E-state index in [4.69, 9.17) is 0 Å². The molecule has 0 fully saturated rings. The number of hydrogen-bond donors (Lipinski definition) is 1. The van der Waals surface area contributed by atoms with Crippen LogP contribution in [-0.2, 0) is 5.41 Å². The van der Waals surface area contributed by atoms with E-state index in [9.17, 15) is 0 Å². The van der Waals surface area contributed by atoms with Gasteiger partial charge in [0.25, 0.3) is 0 Å². The summed E-state index contributed by atoms with van der Waals surface area (Å²) in [5, 5.41) is 4.30. The fourth-order valence-electron chi connectivity index (χ4n) is 2.43. The van der Waals surface area contributed by atoms with Crippen LogP contribution < -0.4 is 5.32 Å². The van der Waals surface area contributed by atoms with Crippen molar-refractivity contribution < 1.29 is 0 Å². The Bertz CT molecular complexity index is 811. The van der Waals surface area contributed by atoms with Crippen molar-refractivity contribution in [1.82, 2.24) is 18.9 Å². The molecule has 3 rings (SSSR count). The molecule has 1 unspecified atom stereocenters.